The van der Waals surface area contributed by atoms with Gasteiger partial charge in [0, 0.05) is 0 Å². The summed E-state index contributed by atoms with van der Waals surface area (Å²) in [6, 6.07) is 4.70. The predicted molar refractivity (Wildman–Crippen MR) is 64.4 cm³/mol. The van der Waals surface area contributed by atoms with E-state index in [9.17, 15) is 9.50 Å². The van der Waals surface area contributed by atoms with Crippen molar-refractivity contribution >= 4 is 0 Å². The Hall–Kier alpha value is -1.09. The molecule has 1 aromatic rings. The number of aliphatic hydroxyl groups is 1. The Morgan fingerprint density at radius 2 is 2.18 bits per heavy atom. The van der Waals surface area contributed by atoms with Crippen molar-refractivity contribution < 1.29 is 14.2 Å². The summed E-state index contributed by atoms with van der Waals surface area (Å²) in [6.07, 6.45) is 2.64. The second-order valence-electron chi connectivity index (χ2n) is 5.02. The fraction of sp³-hybridized carbons (Fsp3) is 0.571. The van der Waals surface area contributed by atoms with Crippen LogP contribution in [0.1, 0.15) is 37.9 Å². The summed E-state index contributed by atoms with van der Waals surface area (Å²) in [4.78, 5) is 0. The lowest BCUT2D eigenvalue weighted by Crippen LogP contribution is -2.10. The van der Waals surface area contributed by atoms with E-state index in [-0.39, 0.29) is 11.7 Å². The summed E-state index contributed by atoms with van der Waals surface area (Å²) >= 11 is 0. The number of rotatable bonds is 3. The fourth-order valence-electron chi connectivity index (χ4n) is 2.68. The topological polar surface area (TPSA) is 29.5 Å². The predicted octanol–water partition coefficient (Wildman–Crippen LogP) is 3.30. The van der Waals surface area contributed by atoms with Crippen LogP contribution in [0.5, 0.6) is 5.75 Å². The molecule has 0 heterocycles. The molecular formula is C14H19FO2. The molecule has 1 N–H and O–H groups in total. The highest BCUT2D eigenvalue weighted by molar-refractivity contribution is 5.30. The molecule has 0 spiro atoms. The van der Waals surface area contributed by atoms with Gasteiger partial charge in [-0.25, -0.2) is 4.39 Å². The summed E-state index contributed by atoms with van der Waals surface area (Å²) < 4.78 is 18.4. The summed E-state index contributed by atoms with van der Waals surface area (Å²) in [5, 5.41) is 10.2. The zero-order chi connectivity index (χ0) is 12.4. The molecule has 1 aromatic carbocycles. The maximum Gasteiger partial charge on any atom is 0.165 e. The number of aliphatic hydroxyl groups excluding tert-OH is 1. The van der Waals surface area contributed by atoms with Crippen molar-refractivity contribution in [2.75, 3.05) is 7.11 Å². The third kappa shape index (κ3) is 2.60. The third-order valence-electron chi connectivity index (χ3n) is 3.70. The number of benzene rings is 1. The lowest BCUT2D eigenvalue weighted by molar-refractivity contribution is 0.109. The number of hydrogen-bond donors (Lipinski definition) is 1. The minimum atomic E-state index is -0.555. The van der Waals surface area contributed by atoms with Gasteiger partial charge in [-0.3, -0.25) is 0 Å². The molecule has 1 aliphatic carbocycles. The van der Waals surface area contributed by atoms with Crippen LogP contribution < -0.4 is 4.74 Å². The standard InChI is InChI=1S/C14H19FO2/c1-9-3-4-10(7-9)14(16)11-5-6-13(17-2)12(15)8-11/h5-6,8-10,14,16H,3-4,7H2,1-2H3. The molecule has 1 fully saturated rings. The zero-order valence-electron chi connectivity index (χ0n) is 10.3. The van der Waals surface area contributed by atoms with Gasteiger partial charge in [0.15, 0.2) is 11.6 Å². The molecule has 0 saturated heterocycles. The van der Waals surface area contributed by atoms with E-state index >= 15 is 0 Å². The van der Waals surface area contributed by atoms with Gasteiger partial charge in [-0.2, -0.15) is 0 Å². The lowest BCUT2D eigenvalue weighted by atomic mass is 9.93. The first-order chi connectivity index (χ1) is 8.11. The van der Waals surface area contributed by atoms with Crippen LogP contribution in [-0.4, -0.2) is 12.2 Å². The van der Waals surface area contributed by atoms with Crippen LogP contribution in [-0.2, 0) is 0 Å². The fourth-order valence-corrected chi connectivity index (χ4v) is 2.68. The van der Waals surface area contributed by atoms with Gasteiger partial charge in [-0.15, -0.1) is 0 Å². The summed E-state index contributed by atoms with van der Waals surface area (Å²) in [5.41, 5.74) is 0.655. The molecule has 0 aliphatic heterocycles. The van der Waals surface area contributed by atoms with Crippen molar-refractivity contribution in [3.63, 3.8) is 0 Å². The third-order valence-corrected chi connectivity index (χ3v) is 3.70. The Morgan fingerprint density at radius 1 is 1.41 bits per heavy atom. The molecular weight excluding hydrogens is 219 g/mol. The average Bonchev–Trinajstić information content (AvgIpc) is 2.75. The first kappa shape index (κ1) is 12.4. The van der Waals surface area contributed by atoms with Gasteiger partial charge in [0.05, 0.1) is 13.2 Å². The van der Waals surface area contributed by atoms with Crippen molar-refractivity contribution in [1.29, 1.82) is 0 Å². The Bertz CT molecular complexity index is 392. The van der Waals surface area contributed by atoms with Crippen LogP contribution in [0.2, 0.25) is 0 Å². The Labute approximate surface area is 101 Å². The van der Waals surface area contributed by atoms with Crippen molar-refractivity contribution in [3.8, 4) is 5.75 Å². The molecule has 3 unspecified atom stereocenters. The molecule has 2 nitrogen and oxygen atoms in total. The summed E-state index contributed by atoms with van der Waals surface area (Å²) in [6.45, 7) is 2.20. The molecule has 1 aliphatic rings. The maximum absolute atomic E-state index is 13.5. The van der Waals surface area contributed by atoms with Crippen LogP contribution in [0, 0.1) is 17.7 Å². The van der Waals surface area contributed by atoms with Gasteiger partial charge >= 0.3 is 0 Å². The number of halogens is 1. The number of ether oxygens (including phenoxy) is 1. The van der Waals surface area contributed by atoms with E-state index in [4.69, 9.17) is 4.74 Å². The minimum absolute atomic E-state index is 0.223. The quantitative estimate of drug-likeness (QED) is 0.875. The molecule has 17 heavy (non-hydrogen) atoms. The Morgan fingerprint density at radius 3 is 2.71 bits per heavy atom. The van der Waals surface area contributed by atoms with E-state index in [1.54, 1.807) is 12.1 Å². The van der Waals surface area contributed by atoms with E-state index in [0.29, 0.717) is 11.5 Å². The van der Waals surface area contributed by atoms with Crippen molar-refractivity contribution in [1.82, 2.24) is 0 Å². The molecule has 0 aromatic heterocycles. The van der Waals surface area contributed by atoms with Gasteiger partial charge < -0.3 is 9.84 Å². The highest BCUT2D eigenvalue weighted by Crippen LogP contribution is 2.39. The molecule has 1 saturated carbocycles. The van der Waals surface area contributed by atoms with Crippen LogP contribution >= 0.6 is 0 Å². The Kier molecular flexibility index (Phi) is 3.67. The van der Waals surface area contributed by atoms with E-state index in [1.807, 2.05) is 0 Å². The monoisotopic (exact) mass is 238 g/mol. The number of hydrogen-bond acceptors (Lipinski definition) is 2. The minimum Gasteiger partial charge on any atom is -0.494 e. The molecule has 0 radical (unpaired) electrons. The van der Waals surface area contributed by atoms with Crippen molar-refractivity contribution in [2.45, 2.75) is 32.3 Å². The highest BCUT2D eigenvalue weighted by Gasteiger charge is 2.28. The smallest absolute Gasteiger partial charge is 0.165 e. The van der Waals surface area contributed by atoms with E-state index in [0.717, 1.165) is 19.3 Å². The van der Waals surface area contributed by atoms with E-state index < -0.39 is 11.9 Å². The SMILES string of the molecule is COc1ccc(C(O)C2CCC(C)C2)cc1F. The first-order valence-corrected chi connectivity index (χ1v) is 6.13. The zero-order valence-corrected chi connectivity index (χ0v) is 10.3. The second kappa shape index (κ2) is 5.05. The first-order valence-electron chi connectivity index (χ1n) is 6.13. The molecule has 3 heteroatoms. The second-order valence-corrected chi connectivity index (χ2v) is 5.02. The molecule has 3 atom stereocenters. The lowest BCUT2D eigenvalue weighted by Gasteiger charge is -2.18. The Balaban J connectivity index is 2.14. The maximum atomic E-state index is 13.5. The van der Waals surface area contributed by atoms with Gasteiger partial charge in [-0.1, -0.05) is 19.4 Å². The average molecular weight is 238 g/mol. The van der Waals surface area contributed by atoms with Crippen molar-refractivity contribution in [3.05, 3.63) is 29.6 Å². The van der Waals surface area contributed by atoms with E-state index in [1.165, 1.54) is 13.2 Å². The van der Waals surface area contributed by atoms with Crippen LogP contribution in [0.3, 0.4) is 0 Å². The van der Waals surface area contributed by atoms with Crippen LogP contribution in [0.4, 0.5) is 4.39 Å². The normalized spacial score (nSPS) is 25.9. The van der Waals surface area contributed by atoms with Gasteiger partial charge in [0.2, 0.25) is 0 Å². The largest absolute Gasteiger partial charge is 0.494 e. The molecule has 2 rings (SSSR count). The summed E-state index contributed by atoms with van der Waals surface area (Å²) in [5.74, 6) is 0.742. The van der Waals surface area contributed by atoms with Gasteiger partial charge in [0.25, 0.3) is 0 Å². The van der Waals surface area contributed by atoms with Crippen LogP contribution in [0.15, 0.2) is 18.2 Å². The highest BCUT2D eigenvalue weighted by atomic mass is 19.1. The van der Waals surface area contributed by atoms with E-state index in [2.05, 4.69) is 6.92 Å². The summed E-state index contributed by atoms with van der Waals surface area (Å²) in [7, 11) is 1.44. The molecule has 0 bridgehead atoms. The van der Waals surface area contributed by atoms with Crippen molar-refractivity contribution in [2.24, 2.45) is 11.8 Å². The van der Waals surface area contributed by atoms with Crippen LogP contribution in [0.25, 0.3) is 0 Å². The van der Waals surface area contributed by atoms with Gasteiger partial charge in [-0.05, 0) is 42.4 Å². The molecule has 0 amide bonds. The molecule has 94 valence electrons. The number of methoxy groups -OCH3 is 1. The van der Waals surface area contributed by atoms with Gasteiger partial charge in [0.1, 0.15) is 0 Å².